The highest BCUT2D eigenvalue weighted by Crippen LogP contribution is 2.32. The zero-order valence-electron chi connectivity index (χ0n) is 16.1. The molecule has 0 aliphatic heterocycles. The van der Waals surface area contributed by atoms with Gasteiger partial charge in [0.1, 0.15) is 5.75 Å². The molecule has 0 bridgehead atoms. The summed E-state index contributed by atoms with van der Waals surface area (Å²) in [7, 11) is 0. The number of hydrogen-bond donors (Lipinski definition) is 0. The quantitative estimate of drug-likeness (QED) is 0.375. The standard InChI is InChI=1S/C24H34O/c1-3-5-8-20-25-24-18-16-23(17-19-24)11-7-6-10-22-14-12-21(9-4-2)13-15-22/h6,10,16-19,21-22H,3-5,8-9,12-15,20H2,1-2H3/b10-6+/t21-,22-. The molecule has 1 aliphatic carbocycles. The van der Waals surface area contributed by atoms with Crippen LogP contribution < -0.4 is 4.74 Å². The molecule has 1 aliphatic rings. The Kier molecular flexibility index (Phi) is 9.27. The van der Waals surface area contributed by atoms with Crippen molar-refractivity contribution in [3.8, 4) is 17.6 Å². The molecule has 0 N–H and O–H groups in total. The van der Waals surface area contributed by atoms with E-state index in [1.165, 1.54) is 51.4 Å². The largest absolute Gasteiger partial charge is 0.494 e. The van der Waals surface area contributed by atoms with E-state index in [9.17, 15) is 0 Å². The highest BCUT2D eigenvalue weighted by atomic mass is 16.5. The first kappa shape index (κ1) is 19.6. The summed E-state index contributed by atoms with van der Waals surface area (Å²) in [6.45, 7) is 5.31. The number of benzene rings is 1. The molecule has 0 aromatic heterocycles. The highest BCUT2D eigenvalue weighted by Gasteiger charge is 2.18. The van der Waals surface area contributed by atoms with Crippen LogP contribution in [-0.4, -0.2) is 6.61 Å². The normalized spacial score (nSPS) is 20.2. The maximum atomic E-state index is 5.73. The molecule has 0 saturated heterocycles. The van der Waals surface area contributed by atoms with Crippen molar-refractivity contribution in [3.05, 3.63) is 42.0 Å². The summed E-state index contributed by atoms with van der Waals surface area (Å²) >= 11 is 0. The molecule has 0 heterocycles. The Balaban J connectivity index is 1.72. The van der Waals surface area contributed by atoms with E-state index in [0.717, 1.165) is 36.2 Å². The lowest BCUT2D eigenvalue weighted by Gasteiger charge is -2.26. The molecule has 0 atom stereocenters. The average molecular weight is 339 g/mol. The molecule has 2 rings (SSSR count). The van der Waals surface area contributed by atoms with Crippen molar-refractivity contribution >= 4 is 0 Å². The summed E-state index contributed by atoms with van der Waals surface area (Å²) in [6, 6.07) is 8.14. The van der Waals surface area contributed by atoms with E-state index in [0.29, 0.717) is 0 Å². The third kappa shape index (κ3) is 7.82. The van der Waals surface area contributed by atoms with E-state index in [4.69, 9.17) is 4.74 Å². The topological polar surface area (TPSA) is 9.23 Å². The van der Waals surface area contributed by atoms with Gasteiger partial charge in [-0.05, 0) is 74.3 Å². The van der Waals surface area contributed by atoms with Gasteiger partial charge in [0.2, 0.25) is 0 Å². The predicted molar refractivity (Wildman–Crippen MR) is 108 cm³/mol. The van der Waals surface area contributed by atoms with Crippen LogP contribution in [0.3, 0.4) is 0 Å². The van der Waals surface area contributed by atoms with Gasteiger partial charge in [-0.1, -0.05) is 57.4 Å². The summed E-state index contributed by atoms with van der Waals surface area (Å²) in [5.74, 6) is 9.08. The first-order valence-electron chi connectivity index (χ1n) is 10.2. The molecule has 1 heteroatoms. The van der Waals surface area contributed by atoms with E-state index in [2.05, 4.69) is 37.8 Å². The smallest absolute Gasteiger partial charge is 0.119 e. The van der Waals surface area contributed by atoms with Crippen LogP contribution in [0.1, 0.15) is 77.2 Å². The van der Waals surface area contributed by atoms with Gasteiger partial charge in [0.15, 0.2) is 0 Å². The Morgan fingerprint density at radius 2 is 1.76 bits per heavy atom. The summed E-state index contributed by atoms with van der Waals surface area (Å²) in [6.07, 6.45) is 16.2. The molecule has 1 nitrogen and oxygen atoms in total. The second-order valence-corrected chi connectivity index (χ2v) is 7.28. The van der Waals surface area contributed by atoms with Gasteiger partial charge in [0, 0.05) is 5.56 Å². The van der Waals surface area contributed by atoms with E-state index in [1.54, 1.807) is 0 Å². The molecule has 136 valence electrons. The van der Waals surface area contributed by atoms with Crippen molar-refractivity contribution in [1.29, 1.82) is 0 Å². The fourth-order valence-electron chi connectivity index (χ4n) is 3.56. The van der Waals surface area contributed by atoms with Crippen molar-refractivity contribution in [2.24, 2.45) is 11.8 Å². The minimum Gasteiger partial charge on any atom is -0.494 e. The molecular formula is C24H34O. The number of unbranched alkanes of at least 4 members (excludes halogenated alkanes) is 2. The molecule has 25 heavy (non-hydrogen) atoms. The Morgan fingerprint density at radius 1 is 1.00 bits per heavy atom. The maximum absolute atomic E-state index is 5.73. The summed E-state index contributed by atoms with van der Waals surface area (Å²) < 4.78 is 5.73. The van der Waals surface area contributed by atoms with Crippen LogP contribution in [0.25, 0.3) is 0 Å². The summed E-state index contributed by atoms with van der Waals surface area (Å²) in [4.78, 5) is 0. The zero-order valence-corrected chi connectivity index (χ0v) is 16.1. The molecule has 0 amide bonds. The monoisotopic (exact) mass is 338 g/mol. The zero-order chi connectivity index (χ0) is 17.7. The maximum Gasteiger partial charge on any atom is 0.119 e. The Hall–Kier alpha value is -1.68. The lowest BCUT2D eigenvalue weighted by atomic mass is 9.80. The van der Waals surface area contributed by atoms with Crippen LogP contribution in [0.4, 0.5) is 0 Å². The Morgan fingerprint density at radius 3 is 2.44 bits per heavy atom. The number of rotatable bonds is 8. The van der Waals surface area contributed by atoms with Gasteiger partial charge in [0.05, 0.1) is 6.61 Å². The van der Waals surface area contributed by atoms with Crippen molar-refractivity contribution in [2.75, 3.05) is 6.61 Å². The van der Waals surface area contributed by atoms with Crippen LogP contribution in [0.2, 0.25) is 0 Å². The molecule has 1 saturated carbocycles. The average Bonchev–Trinajstić information content (AvgIpc) is 2.65. The van der Waals surface area contributed by atoms with Crippen LogP contribution >= 0.6 is 0 Å². The minimum absolute atomic E-state index is 0.737. The number of ether oxygens (including phenoxy) is 1. The van der Waals surface area contributed by atoms with Crippen molar-refractivity contribution < 1.29 is 4.74 Å². The van der Waals surface area contributed by atoms with Crippen molar-refractivity contribution in [2.45, 2.75) is 71.6 Å². The van der Waals surface area contributed by atoms with E-state index in [1.807, 2.05) is 24.3 Å². The molecule has 1 aromatic rings. The highest BCUT2D eigenvalue weighted by molar-refractivity contribution is 5.40. The SMILES string of the molecule is CCCCCOc1ccc(C#C/C=C/[C@H]2CC[C@H](CCC)CC2)cc1. The second kappa shape index (κ2) is 11.8. The Bertz CT molecular complexity index is 550. The minimum atomic E-state index is 0.737. The predicted octanol–water partition coefficient (Wildman–Crippen LogP) is 6.77. The molecule has 0 spiro atoms. The van der Waals surface area contributed by atoms with Gasteiger partial charge in [-0.3, -0.25) is 0 Å². The fraction of sp³-hybridized carbons (Fsp3) is 0.583. The van der Waals surface area contributed by atoms with Crippen molar-refractivity contribution in [1.82, 2.24) is 0 Å². The molecule has 1 aromatic carbocycles. The van der Waals surface area contributed by atoms with Gasteiger partial charge < -0.3 is 4.74 Å². The lowest BCUT2D eigenvalue weighted by molar-refractivity contribution is 0.294. The van der Waals surface area contributed by atoms with Crippen molar-refractivity contribution in [3.63, 3.8) is 0 Å². The van der Waals surface area contributed by atoms with Gasteiger partial charge in [-0.15, -0.1) is 0 Å². The molecular weight excluding hydrogens is 304 g/mol. The molecule has 0 radical (unpaired) electrons. The van der Waals surface area contributed by atoms with Crippen LogP contribution in [-0.2, 0) is 0 Å². The first-order chi connectivity index (χ1) is 12.3. The number of allylic oxidation sites excluding steroid dienone is 2. The van der Waals surface area contributed by atoms with Gasteiger partial charge >= 0.3 is 0 Å². The van der Waals surface area contributed by atoms with E-state index < -0.39 is 0 Å². The fourth-order valence-corrected chi connectivity index (χ4v) is 3.56. The van der Waals surface area contributed by atoms with E-state index >= 15 is 0 Å². The van der Waals surface area contributed by atoms with Crippen LogP contribution in [0.5, 0.6) is 5.75 Å². The lowest BCUT2D eigenvalue weighted by Crippen LogP contribution is -2.12. The summed E-state index contributed by atoms with van der Waals surface area (Å²) in [5.41, 5.74) is 1.05. The van der Waals surface area contributed by atoms with Gasteiger partial charge in [0.25, 0.3) is 0 Å². The Labute approximate surface area is 154 Å². The number of hydrogen-bond acceptors (Lipinski definition) is 1. The third-order valence-corrected chi connectivity index (χ3v) is 5.13. The molecule has 0 unspecified atom stereocenters. The third-order valence-electron chi connectivity index (χ3n) is 5.13. The molecule has 1 fully saturated rings. The van der Waals surface area contributed by atoms with Gasteiger partial charge in [-0.25, -0.2) is 0 Å². The van der Waals surface area contributed by atoms with E-state index in [-0.39, 0.29) is 0 Å². The second-order valence-electron chi connectivity index (χ2n) is 7.28. The van der Waals surface area contributed by atoms with Gasteiger partial charge in [-0.2, -0.15) is 0 Å². The van der Waals surface area contributed by atoms with Crippen LogP contribution in [0.15, 0.2) is 36.4 Å². The van der Waals surface area contributed by atoms with Crippen LogP contribution in [0, 0.1) is 23.7 Å². The first-order valence-corrected chi connectivity index (χ1v) is 10.2. The summed E-state index contributed by atoms with van der Waals surface area (Å²) in [5, 5.41) is 0.